The lowest BCUT2D eigenvalue weighted by Gasteiger charge is -2.27. The summed E-state index contributed by atoms with van der Waals surface area (Å²) in [6.07, 6.45) is 1.28. The molecule has 0 saturated heterocycles. The standard InChI is InChI=1S/C16H25NO6/c1-6-12(11(3)18)14(19)22-13(7-2)15(20)23-16(4,5)8-9-21-10-17/h6-7,10-13,17-18H,1-2,8-9H2,3-5H3. The molecule has 23 heavy (non-hydrogen) atoms. The molecule has 2 N–H and O–H groups in total. The van der Waals surface area contributed by atoms with Gasteiger partial charge in [-0.15, -0.1) is 6.58 Å². The summed E-state index contributed by atoms with van der Waals surface area (Å²) in [4.78, 5) is 24.0. The van der Waals surface area contributed by atoms with E-state index in [4.69, 9.17) is 19.6 Å². The van der Waals surface area contributed by atoms with Crippen LogP contribution in [0.3, 0.4) is 0 Å². The highest BCUT2D eigenvalue weighted by atomic mass is 16.6. The molecule has 0 aromatic heterocycles. The Hall–Kier alpha value is -2.15. The minimum absolute atomic E-state index is 0.211. The first-order chi connectivity index (χ1) is 10.7. The fourth-order valence-electron chi connectivity index (χ4n) is 1.63. The molecular weight excluding hydrogens is 302 g/mol. The smallest absolute Gasteiger partial charge is 0.352 e. The fraction of sp³-hybridized carbons (Fsp3) is 0.562. The average molecular weight is 327 g/mol. The van der Waals surface area contributed by atoms with Gasteiger partial charge in [0.1, 0.15) is 11.5 Å². The SMILES string of the molecule is C=CC(OC(=O)C(C=C)C(C)O)C(=O)OC(C)(C)CCOC=N. The van der Waals surface area contributed by atoms with Crippen molar-refractivity contribution in [2.45, 2.75) is 45.0 Å². The maximum absolute atomic E-state index is 12.1. The Bertz CT molecular complexity index is 444. The number of carbonyl (C=O) groups excluding carboxylic acids is 2. The molecule has 0 aliphatic heterocycles. The van der Waals surface area contributed by atoms with Crippen molar-refractivity contribution in [1.29, 1.82) is 5.41 Å². The zero-order chi connectivity index (χ0) is 18.0. The van der Waals surface area contributed by atoms with Gasteiger partial charge in [0.15, 0.2) is 6.40 Å². The Balaban J connectivity index is 4.74. The molecule has 0 rings (SSSR count). The summed E-state index contributed by atoms with van der Waals surface area (Å²) in [6.45, 7) is 11.9. The van der Waals surface area contributed by atoms with Crippen molar-refractivity contribution in [3.63, 3.8) is 0 Å². The van der Waals surface area contributed by atoms with Crippen molar-refractivity contribution in [3.05, 3.63) is 25.3 Å². The van der Waals surface area contributed by atoms with E-state index in [0.717, 1.165) is 12.5 Å². The van der Waals surface area contributed by atoms with Crippen LogP contribution in [0.5, 0.6) is 0 Å². The molecular formula is C16H25NO6. The van der Waals surface area contributed by atoms with Gasteiger partial charge in [-0.2, -0.15) is 0 Å². The van der Waals surface area contributed by atoms with Crippen LogP contribution in [0.1, 0.15) is 27.2 Å². The van der Waals surface area contributed by atoms with Gasteiger partial charge in [-0.1, -0.05) is 12.7 Å². The van der Waals surface area contributed by atoms with Crippen LogP contribution < -0.4 is 0 Å². The van der Waals surface area contributed by atoms with Gasteiger partial charge in [-0.3, -0.25) is 10.2 Å². The van der Waals surface area contributed by atoms with Gasteiger partial charge in [0, 0.05) is 6.42 Å². The summed E-state index contributed by atoms with van der Waals surface area (Å²) in [6, 6.07) is 0. The molecule has 0 fully saturated rings. The van der Waals surface area contributed by atoms with Crippen LogP contribution in [0.2, 0.25) is 0 Å². The van der Waals surface area contributed by atoms with Crippen molar-refractivity contribution >= 4 is 18.3 Å². The summed E-state index contributed by atoms with van der Waals surface area (Å²) >= 11 is 0. The third kappa shape index (κ3) is 7.60. The predicted molar refractivity (Wildman–Crippen MR) is 85.0 cm³/mol. The molecule has 0 aliphatic carbocycles. The van der Waals surface area contributed by atoms with Crippen molar-refractivity contribution in [3.8, 4) is 0 Å². The molecule has 0 heterocycles. The first-order valence-electron chi connectivity index (χ1n) is 7.15. The van der Waals surface area contributed by atoms with Crippen molar-refractivity contribution in [1.82, 2.24) is 0 Å². The molecule has 0 aliphatic rings. The molecule has 0 aromatic rings. The number of ether oxygens (including phenoxy) is 3. The third-order valence-electron chi connectivity index (χ3n) is 3.02. The van der Waals surface area contributed by atoms with Gasteiger partial charge >= 0.3 is 11.9 Å². The van der Waals surface area contributed by atoms with E-state index in [-0.39, 0.29) is 6.61 Å². The second-order valence-electron chi connectivity index (χ2n) is 5.51. The predicted octanol–water partition coefficient (Wildman–Crippen LogP) is 1.60. The molecule has 0 saturated carbocycles. The van der Waals surface area contributed by atoms with Crippen molar-refractivity contribution in [2.75, 3.05) is 6.61 Å². The Morgan fingerprint density at radius 3 is 2.30 bits per heavy atom. The number of esters is 2. The van der Waals surface area contributed by atoms with Gasteiger partial charge in [-0.25, -0.2) is 4.79 Å². The largest absolute Gasteiger partial charge is 0.484 e. The highest BCUT2D eigenvalue weighted by Gasteiger charge is 2.31. The summed E-state index contributed by atoms with van der Waals surface area (Å²) in [5.41, 5.74) is -0.865. The number of hydrogen-bond donors (Lipinski definition) is 2. The van der Waals surface area contributed by atoms with Crippen LogP contribution in [-0.2, 0) is 23.8 Å². The number of aliphatic hydroxyl groups excluding tert-OH is 1. The lowest BCUT2D eigenvalue weighted by Crippen LogP contribution is -2.38. The molecule has 7 heteroatoms. The molecule has 0 amide bonds. The molecule has 0 aromatic carbocycles. The molecule has 0 radical (unpaired) electrons. The van der Waals surface area contributed by atoms with Crippen LogP contribution in [0.15, 0.2) is 25.3 Å². The topological polar surface area (TPSA) is 106 Å². The lowest BCUT2D eigenvalue weighted by molar-refractivity contribution is -0.176. The Morgan fingerprint density at radius 2 is 1.87 bits per heavy atom. The maximum Gasteiger partial charge on any atom is 0.352 e. The van der Waals surface area contributed by atoms with E-state index in [1.54, 1.807) is 13.8 Å². The van der Waals surface area contributed by atoms with E-state index in [0.29, 0.717) is 6.42 Å². The number of aliphatic hydroxyl groups is 1. The van der Waals surface area contributed by atoms with Gasteiger partial charge < -0.3 is 19.3 Å². The minimum atomic E-state index is -1.29. The van der Waals surface area contributed by atoms with Crippen LogP contribution in [0.4, 0.5) is 0 Å². The molecule has 3 atom stereocenters. The van der Waals surface area contributed by atoms with Crippen LogP contribution in [0, 0.1) is 11.3 Å². The maximum atomic E-state index is 12.1. The Morgan fingerprint density at radius 1 is 1.26 bits per heavy atom. The van der Waals surface area contributed by atoms with Crippen LogP contribution >= 0.6 is 0 Å². The van der Waals surface area contributed by atoms with E-state index in [1.165, 1.54) is 13.0 Å². The molecule has 0 spiro atoms. The summed E-state index contributed by atoms with van der Waals surface area (Å²) < 4.78 is 15.1. The Labute approximate surface area is 136 Å². The number of nitrogens with one attached hydrogen (secondary N) is 1. The van der Waals surface area contributed by atoms with Crippen LogP contribution in [0.25, 0.3) is 0 Å². The van der Waals surface area contributed by atoms with Gasteiger partial charge in [0.2, 0.25) is 6.10 Å². The first kappa shape index (κ1) is 20.9. The number of rotatable bonds is 11. The van der Waals surface area contributed by atoms with E-state index >= 15 is 0 Å². The zero-order valence-electron chi connectivity index (χ0n) is 13.8. The monoisotopic (exact) mass is 327 g/mol. The Kier molecular flexibility index (Phi) is 8.87. The second-order valence-corrected chi connectivity index (χ2v) is 5.51. The lowest BCUT2D eigenvalue weighted by atomic mass is 10.0. The molecule has 0 bridgehead atoms. The minimum Gasteiger partial charge on any atom is -0.484 e. The number of hydrogen-bond acceptors (Lipinski definition) is 7. The van der Waals surface area contributed by atoms with Gasteiger partial charge in [-0.05, 0) is 26.8 Å². The molecule has 130 valence electrons. The number of carbonyl (C=O) groups is 2. The zero-order valence-corrected chi connectivity index (χ0v) is 13.8. The van der Waals surface area contributed by atoms with E-state index in [1.807, 2.05) is 0 Å². The van der Waals surface area contributed by atoms with Gasteiger partial charge in [0.05, 0.1) is 12.7 Å². The summed E-state index contributed by atoms with van der Waals surface area (Å²) in [7, 11) is 0. The van der Waals surface area contributed by atoms with Gasteiger partial charge in [0.25, 0.3) is 0 Å². The van der Waals surface area contributed by atoms with Crippen LogP contribution in [-0.4, -0.2) is 47.9 Å². The molecule has 7 nitrogen and oxygen atoms in total. The molecule has 3 unspecified atom stereocenters. The summed E-state index contributed by atoms with van der Waals surface area (Å²) in [5, 5.41) is 16.2. The average Bonchev–Trinajstić information content (AvgIpc) is 2.44. The van der Waals surface area contributed by atoms with Crippen molar-refractivity contribution < 1.29 is 28.9 Å². The fourth-order valence-corrected chi connectivity index (χ4v) is 1.63. The summed E-state index contributed by atoms with van der Waals surface area (Å²) in [5.74, 6) is -2.51. The van der Waals surface area contributed by atoms with E-state index in [9.17, 15) is 14.7 Å². The highest BCUT2D eigenvalue weighted by Crippen LogP contribution is 2.17. The van der Waals surface area contributed by atoms with E-state index < -0.39 is 35.7 Å². The van der Waals surface area contributed by atoms with E-state index in [2.05, 4.69) is 13.2 Å². The first-order valence-corrected chi connectivity index (χ1v) is 7.15. The highest BCUT2D eigenvalue weighted by molar-refractivity contribution is 5.83. The quantitative estimate of drug-likeness (QED) is 0.196. The normalized spacial score (nSPS) is 14.8. The third-order valence-corrected chi connectivity index (χ3v) is 3.02. The van der Waals surface area contributed by atoms with Crippen molar-refractivity contribution in [2.24, 2.45) is 5.92 Å². The second kappa shape index (κ2) is 9.78.